The highest BCUT2D eigenvalue weighted by Crippen LogP contribution is 2.46. The number of methoxy groups -OCH3 is 1. The van der Waals surface area contributed by atoms with Crippen molar-refractivity contribution in [3.63, 3.8) is 0 Å². The highest BCUT2D eigenvalue weighted by Gasteiger charge is 2.39. The molecule has 1 heterocycles. The van der Waals surface area contributed by atoms with Crippen LogP contribution in [0.5, 0.6) is 5.75 Å². The summed E-state index contributed by atoms with van der Waals surface area (Å²) >= 11 is 12.4. The van der Waals surface area contributed by atoms with Crippen molar-refractivity contribution in [3.05, 3.63) is 27.7 Å². The number of nitriles is 1. The van der Waals surface area contributed by atoms with Crippen molar-refractivity contribution < 1.29 is 9.47 Å². The lowest BCUT2D eigenvalue weighted by atomic mass is 9.75. The van der Waals surface area contributed by atoms with Gasteiger partial charge in [0.15, 0.2) is 0 Å². The number of halogens is 2. The maximum Gasteiger partial charge on any atom is 0.143 e. The molecule has 1 fully saturated rings. The molecule has 0 radical (unpaired) electrons. The van der Waals surface area contributed by atoms with Crippen LogP contribution in [0.2, 0.25) is 10.0 Å². The second-order valence-corrected chi connectivity index (χ2v) is 5.06. The maximum atomic E-state index is 9.57. The van der Waals surface area contributed by atoms with Crippen LogP contribution in [0.15, 0.2) is 12.1 Å². The fraction of sp³-hybridized carbons (Fsp3) is 0.462. The van der Waals surface area contributed by atoms with Crippen LogP contribution in [0.25, 0.3) is 0 Å². The standard InChI is InChI=1S/C13H13Cl2NO2/c1-17-12-10(15)3-2-9(14)11(12)13(8-16)4-6-18-7-5-13/h2-3H,4-7H2,1H3. The van der Waals surface area contributed by atoms with Crippen LogP contribution in [0.1, 0.15) is 18.4 Å². The van der Waals surface area contributed by atoms with Gasteiger partial charge in [-0.25, -0.2) is 0 Å². The SMILES string of the molecule is COc1c(Cl)ccc(Cl)c1C1(C#N)CCOCC1. The molecule has 0 aliphatic carbocycles. The lowest BCUT2D eigenvalue weighted by molar-refractivity contribution is 0.0669. The molecule has 18 heavy (non-hydrogen) atoms. The van der Waals surface area contributed by atoms with Crippen LogP contribution < -0.4 is 4.74 Å². The number of rotatable bonds is 2. The van der Waals surface area contributed by atoms with E-state index >= 15 is 0 Å². The first kappa shape index (κ1) is 13.5. The summed E-state index contributed by atoms with van der Waals surface area (Å²) in [5, 5.41) is 10.6. The van der Waals surface area contributed by atoms with Gasteiger partial charge in [0, 0.05) is 23.8 Å². The first-order valence-electron chi connectivity index (χ1n) is 5.66. The molecule has 2 rings (SSSR count). The summed E-state index contributed by atoms with van der Waals surface area (Å²) in [6.45, 7) is 1.08. The van der Waals surface area contributed by atoms with E-state index in [9.17, 15) is 5.26 Å². The molecule has 96 valence electrons. The Morgan fingerprint density at radius 3 is 2.44 bits per heavy atom. The topological polar surface area (TPSA) is 42.2 Å². The van der Waals surface area contributed by atoms with E-state index in [4.69, 9.17) is 32.7 Å². The van der Waals surface area contributed by atoms with Gasteiger partial charge in [0.25, 0.3) is 0 Å². The fourth-order valence-corrected chi connectivity index (χ4v) is 2.88. The van der Waals surface area contributed by atoms with E-state index in [0.717, 1.165) is 0 Å². The summed E-state index contributed by atoms with van der Waals surface area (Å²) in [5.74, 6) is 0.493. The molecule has 1 aliphatic heterocycles. The molecule has 1 aliphatic rings. The van der Waals surface area contributed by atoms with E-state index in [2.05, 4.69) is 6.07 Å². The van der Waals surface area contributed by atoms with Gasteiger partial charge in [0.1, 0.15) is 5.75 Å². The average molecular weight is 286 g/mol. The Morgan fingerprint density at radius 1 is 1.28 bits per heavy atom. The van der Waals surface area contributed by atoms with Gasteiger partial charge in [-0.3, -0.25) is 0 Å². The second-order valence-electron chi connectivity index (χ2n) is 4.24. The van der Waals surface area contributed by atoms with Crippen LogP contribution in [-0.2, 0) is 10.2 Å². The fourth-order valence-electron chi connectivity index (χ4n) is 2.32. The van der Waals surface area contributed by atoms with Crippen LogP contribution in [0.4, 0.5) is 0 Å². The molecule has 0 aromatic heterocycles. The van der Waals surface area contributed by atoms with E-state index in [1.165, 1.54) is 7.11 Å². The van der Waals surface area contributed by atoms with E-state index in [-0.39, 0.29) is 0 Å². The summed E-state index contributed by atoms with van der Waals surface area (Å²) < 4.78 is 10.7. The number of nitrogens with zero attached hydrogens (tertiary/aromatic N) is 1. The first-order valence-corrected chi connectivity index (χ1v) is 6.42. The summed E-state index contributed by atoms with van der Waals surface area (Å²) in [7, 11) is 1.53. The molecule has 5 heteroatoms. The highest BCUT2D eigenvalue weighted by atomic mass is 35.5. The van der Waals surface area contributed by atoms with E-state index in [0.29, 0.717) is 47.4 Å². The Labute approximate surface area is 116 Å². The van der Waals surface area contributed by atoms with Gasteiger partial charge in [-0.15, -0.1) is 0 Å². The minimum Gasteiger partial charge on any atom is -0.495 e. The average Bonchev–Trinajstić information content (AvgIpc) is 2.41. The number of benzene rings is 1. The summed E-state index contributed by atoms with van der Waals surface area (Å²) in [6, 6.07) is 5.76. The van der Waals surface area contributed by atoms with Gasteiger partial charge < -0.3 is 9.47 Å². The highest BCUT2D eigenvalue weighted by molar-refractivity contribution is 6.35. The molecular formula is C13H13Cl2NO2. The van der Waals surface area contributed by atoms with Gasteiger partial charge in [-0.1, -0.05) is 23.2 Å². The second kappa shape index (κ2) is 5.36. The maximum absolute atomic E-state index is 9.57. The van der Waals surface area contributed by atoms with E-state index < -0.39 is 5.41 Å². The molecule has 0 atom stereocenters. The molecule has 3 nitrogen and oxygen atoms in total. The Bertz CT molecular complexity index is 490. The van der Waals surface area contributed by atoms with Crippen molar-refractivity contribution in [1.29, 1.82) is 5.26 Å². The van der Waals surface area contributed by atoms with Gasteiger partial charge in [0.2, 0.25) is 0 Å². The van der Waals surface area contributed by atoms with Gasteiger partial charge in [-0.05, 0) is 25.0 Å². The zero-order valence-corrected chi connectivity index (χ0v) is 11.5. The molecule has 1 saturated heterocycles. The van der Waals surface area contributed by atoms with Crippen molar-refractivity contribution in [3.8, 4) is 11.8 Å². The summed E-state index contributed by atoms with van der Waals surface area (Å²) in [5.41, 5.74) is 0.0101. The molecule has 0 amide bonds. The van der Waals surface area contributed by atoms with E-state index in [1.54, 1.807) is 12.1 Å². The lowest BCUT2D eigenvalue weighted by Crippen LogP contribution is -2.33. The third-order valence-corrected chi connectivity index (χ3v) is 3.91. The van der Waals surface area contributed by atoms with Gasteiger partial charge in [-0.2, -0.15) is 5.26 Å². The van der Waals surface area contributed by atoms with Crippen molar-refractivity contribution in [2.24, 2.45) is 0 Å². The van der Waals surface area contributed by atoms with Crippen LogP contribution in [-0.4, -0.2) is 20.3 Å². The van der Waals surface area contributed by atoms with Crippen LogP contribution in [0.3, 0.4) is 0 Å². The summed E-state index contributed by atoms with van der Waals surface area (Å²) in [4.78, 5) is 0. The third kappa shape index (κ3) is 2.16. The van der Waals surface area contributed by atoms with Crippen molar-refractivity contribution in [1.82, 2.24) is 0 Å². The Morgan fingerprint density at radius 2 is 1.89 bits per heavy atom. The largest absolute Gasteiger partial charge is 0.495 e. The van der Waals surface area contributed by atoms with E-state index in [1.807, 2.05) is 0 Å². The predicted molar refractivity (Wildman–Crippen MR) is 70.4 cm³/mol. The van der Waals surface area contributed by atoms with Crippen LogP contribution >= 0.6 is 23.2 Å². The molecule has 1 aromatic carbocycles. The number of hydrogen-bond acceptors (Lipinski definition) is 3. The summed E-state index contributed by atoms with van der Waals surface area (Å²) in [6.07, 6.45) is 1.19. The Balaban J connectivity index is 2.61. The first-order chi connectivity index (χ1) is 8.64. The number of hydrogen-bond donors (Lipinski definition) is 0. The van der Waals surface area contributed by atoms with Crippen LogP contribution in [0, 0.1) is 11.3 Å². The molecule has 0 saturated carbocycles. The monoisotopic (exact) mass is 285 g/mol. The quantitative estimate of drug-likeness (QED) is 0.834. The third-order valence-electron chi connectivity index (χ3n) is 3.30. The van der Waals surface area contributed by atoms with Crippen molar-refractivity contribution in [2.45, 2.75) is 18.3 Å². The van der Waals surface area contributed by atoms with Crippen molar-refractivity contribution in [2.75, 3.05) is 20.3 Å². The molecule has 1 aromatic rings. The Hall–Kier alpha value is -0.950. The minimum atomic E-state index is -0.675. The molecule has 0 spiro atoms. The Kier molecular flexibility index (Phi) is 4.01. The molecule has 0 N–H and O–H groups in total. The number of ether oxygens (including phenoxy) is 2. The van der Waals surface area contributed by atoms with Gasteiger partial charge in [0.05, 0.1) is 23.6 Å². The normalized spacial score (nSPS) is 18.1. The smallest absolute Gasteiger partial charge is 0.143 e. The van der Waals surface area contributed by atoms with Crippen molar-refractivity contribution >= 4 is 23.2 Å². The zero-order chi connectivity index (χ0) is 13.2. The zero-order valence-electron chi connectivity index (χ0n) is 10.0. The molecule has 0 bridgehead atoms. The molecular weight excluding hydrogens is 273 g/mol. The lowest BCUT2D eigenvalue weighted by Gasteiger charge is -2.33. The molecule has 0 unspecified atom stereocenters. The minimum absolute atomic E-state index is 0.470. The predicted octanol–water partition coefficient (Wildman–Crippen LogP) is 3.57. The van der Waals surface area contributed by atoms with Gasteiger partial charge >= 0.3 is 0 Å².